The first kappa shape index (κ1) is 21.2. The van der Waals surface area contributed by atoms with E-state index in [4.69, 9.17) is 4.52 Å². The fourth-order valence-electron chi connectivity index (χ4n) is 3.76. The number of aromatic nitrogens is 5. The molecule has 8 nitrogen and oxygen atoms in total. The van der Waals surface area contributed by atoms with E-state index in [0.29, 0.717) is 30.5 Å². The van der Waals surface area contributed by atoms with E-state index in [1.165, 1.54) is 5.56 Å². The van der Waals surface area contributed by atoms with Gasteiger partial charge in [-0.25, -0.2) is 4.68 Å². The Kier molecular flexibility index (Phi) is 5.64. The first-order valence-corrected chi connectivity index (χ1v) is 10.9. The Morgan fingerprint density at radius 1 is 1.13 bits per heavy atom. The van der Waals surface area contributed by atoms with Gasteiger partial charge in [0.1, 0.15) is 0 Å². The van der Waals surface area contributed by atoms with Gasteiger partial charge in [-0.2, -0.15) is 4.98 Å². The Bertz CT molecular complexity index is 1040. The van der Waals surface area contributed by atoms with Crippen molar-refractivity contribution in [2.75, 3.05) is 13.1 Å². The number of carbonyl (C=O) groups excluding carboxylic acids is 1. The van der Waals surface area contributed by atoms with E-state index in [9.17, 15) is 4.79 Å². The molecular formula is C23H30N6O2. The highest BCUT2D eigenvalue weighted by atomic mass is 16.5. The average Bonchev–Trinajstić information content (AvgIpc) is 3.43. The zero-order valence-electron chi connectivity index (χ0n) is 18.9. The van der Waals surface area contributed by atoms with Crippen LogP contribution >= 0.6 is 0 Å². The van der Waals surface area contributed by atoms with Crippen molar-refractivity contribution in [2.45, 2.75) is 64.8 Å². The van der Waals surface area contributed by atoms with Gasteiger partial charge in [0, 0.05) is 24.6 Å². The van der Waals surface area contributed by atoms with E-state index >= 15 is 0 Å². The lowest BCUT2D eigenvalue weighted by Gasteiger charge is -2.32. The van der Waals surface area contributed by atoms with Crippen LogP contribution in [0.1, 0.15) is 81.2 Å². The van der Waals surface area contributed by atoms with Crippen LogP contribution in [-0.2, 0) is 5.41 Å². The molecule has 1 aromatic carbocycles. The van der Waals surface area contributed by atoms with E-state index in [2.05, 4.69) is 53.4 Å². The average molecular weight is 423 g/mol. The van der Waals surface area contributed by atoms with E-state index < -0.39 is 0 Å². The summed E-state index contributed by atoms with van der Waals surface area (Å²) >= 11 is 0. The summed E-state index contributed by atoms with van der Waals surface area (Å²) in [5, 5.41) is 12.5. The molecule has 164 valence electrons. The fourth-order valence-corrected chi connectivity index (χ4v) is 3.76. The molecule has 1 saturated heterocycles. The molecule has 2 aromatic heterocycles. The quantitative estimate of drug-likeness (QED) is 0.625. The van der Waals surface area contributed by atoms with Crippen molar-refractivity contribution in [1.29, 1.82) is 0 Å². The minimum absolute atomic E-state index is 0.0775. The van der Waals surface area contributed by atoms with E-state index in [-0.39, 0.29) is 23.3 Å². The molecule has 4 rings (SSSR count). The van der Waals surface area contributed by atoms with Gasteiger partial charge in [0.25, 0.3) is 11.8 Å². The number of hydrogen-bond acceptors (Lipinski definition) is 6. The monoisotopic (exact) mass is 422 g/mol. The molecule has 0 bridgehead atoms. The second-order valence-corrected chi connectivity index (χ2v) is 9.55. The van der Waals surface area contributed by atoms with Crippen LogP contribution < -0.4 is 0 Å². The molecular weight excluding hydrogens is 392 g/mol. The Balaban J connectivity index is 1.37. The molecule has 1 fully saturated rings. The predicted octanol–water partition coefficient (Wildman–Crippen LogP) is 4.23. The van der Waals surface area contributed by atoms with Gasteiger partial charge in [0.05, 0.1) is 12.2 Å². The summed E-state index contributed by atoms with van der Waals surface area (Å²) in [6, 6.07) is 8.18. The highest BCUT2D eigenvalue weighted by molar-refractivity contribution is 5.94. The standard InChI is InChI=1S/C23H30N6O2/c1-15(2)20-24-21(31-26-20)19-14-29(27-25-19)18-10-12-28(13-11-18)22(30)16-6-8-17(9-7-16)23(3,4)5/h6-9,14-15,18H,10-13H2,1-5H3. The summed E-state index contributed by atoms with van der Waals surface area (Å²) in [5.41, 5.74) is 2.63. The maximum Gasteiger partial charge on any atom is 0.280 e. The molecule has 3 heterocycles. The fraction of sp³-hybridized carbons (Fsp3) is 0.522. The summed E-state index contributed by atoms with van der Waals surface area (Å²) < 4.78 is 7.17. The van der Waals surface area contributed by atoms with Gasteiger partial charge in [0.2, 0.25) is 0 Å². The lowest BCUT2D eigenvalue weighted by molar-refractivity contribution is 0.0689. The van der Waals surface area contributed by atoms with Crippen LogP contribution in [0.15, 0.2) is 35.0 Å². The molecule has 1 aliphatic rings. The van der Waals surface area contributed by atoms with E-state index in [1.807, 2.05) is 41.8 Å². The van der Waals surface area contributed by atoms with Crippen LogP contribution in [0.4, 0.5) is 0 Å². The van der Waals surface area contributed by atoms with Gasteiger partial charge in [-0.3, -0.25) is 4.79 Å². The molecule has 0 atom stereocenters. The molecule has 31 heavy (non-hydrogen) atoms. The zero-order chi connectivity index (χ0) is 22.2. The molecule has 0 N–H and O–H groups in total. The third-order valence-corrected chi connectivity index (χ3v) is 5.81. The smallest absolute Gasteiger partial charge is 0.280 e. The van der Waals surface area contributed by atoms with Crippen LogP contribution in [0.5, 0.6) is 0 Å². The minimum Gasteiger partial charge on any atom is -0.338 e. The number of benzene rings is 1. The van der Waals surface area contributed by atoms with E-state index in [1.54, 1.807) is 0 Å². The Morgan fingerprint density at radius 2 is 1.81 bits per heavy atom. The molecule has 1 aliphatic heterocycles. The largest absolute Gasteiger partial charge is 0.338 e. The third-order valence-electron chi connectivity index (χ3n) is 5.81. The number of piperidine rings is 1. The molecule has 3 aromatic rings. The van der Waals surface area contributed by atoms with Crippen molar-refractivity contribution >= 4 is 5.91 Å². The number of rotatable bonds is 4. The van der Waals surface area contributed by atoms with Crippen molar-refractivity contribution < 1.29 is 9.32 Å². The molecule has 0 spiro atoms. The molecule has 0 unspecified atom stereocenters. The number of likely N-dealkylation sites (tertiary alicyclic amines) is 1. The summed E-state index contributed by atoms with van der Waals surface area (Å²) in [7, 11) is 0. The lowest BCUT2D eigenvalue weighted by atomic mass is 9.86. The highest BCUT2D eigenvalue weighted by Gasteiger charge is 2.26. The number of hydrogen-bond donors (Lipinski definition) is 0. The van der Waals surface area contributed by atoms with Crippen LogP contribution in [-0.4, -0.2) is 49.0 Å². The Labute approximate surface area is 182 Å². The molecule has 8 heteroatoms. The van der Waals surface area contributed by atoms with Gasteiger partial charge < -0.3 is 9.42 Å². The van der Waals surface area contributed by atoms with Gasteiger partial charge in [-0.1, -0.05) is 57.1 Å². The predicted molar refractivity (Wildman–Crippen MR) is 117 cm³/mol. The van der Waals surface area contributed by atoms with Crippen LogP contribution in [0.3, 0.4) is 0 Å². The molecule has 1 amide bonds. The summed E-state index contributed by atoms with van der Waals surface area (Å²) in [6.45, 7) is 11.9. The first-order valence-electron chi connectivity index (χ1n) is 10.9. The Hall–Kier alpha value is -3.03. The summed E-state index contributed by atoms with van der Waals surface area (Å²) in [6.07, 6.45) is 3.51. The lowest BCUT2D eigenvalue weighted by Crippen LogP contribution is -2.39. The van der Waals surface area contributed by atoms with E-state index in [0.717, 1.165) is 18.4 Å². The SMILES string of the molecule is CC(C)c1noc(-c2cn(C3CCN(C(=O)c4ccc(C(C)(C)C)cc4)CC3)nn2)n1. The highest BCUT2D eigenvalue weighted by Crippen LogP contribution is 2.26. The molecule has 0 saturated carbocycles. The van der Waals surface area contributed by atoms with Gasteiger partial charge >= 0.3 is 0 Å². The number of amides is 1. The van der Waals surface area contributed by atoms with Gasteiger partial charge in [-0.05, 0) is 36.0 Å². The maximum absolute atomic E-state index is 12.9. The number of nitrogens with zero attached hydrogens (tertiary/aromatic N) is 6. The second-order valence-electron chi connectivity index (χ2n) is 9.55. The van der Waals surface area contributed by atoms with Crippen LogP contribution in [0.2, 0.25) is 0 Å². The van der Waals surface area contributed by atoms with Crippen LogP contribution in [0.25, 0.3) is 11.6 Å². The van der Waals surface area contributed by atoms with Crippen molar-refractivity contribution in [1.82, 2.24) is 30.0 Å². The summed E-state index contributed by atoms with van der Waals surface area (Å²) in [4.78, 5) is 19.2. The molecule has 0 radical (unpaired) electrons. The first-order chi connectivity index (χ1) is 14.7. The summed E-state index contributed by atoms with van der Waals surface area (Å²) in [5.74, 6) is 1.33. The van der Waals surface area contributed by atoms with Gasteiger partial charge in [0.15, 0.2) is 11.5 Å². The van der Waals surface area contributed by atoms with Crippen molar-refractivity contribution in [3.63, 3.8) is 0 Å². The molecule has 0 aliphatic carbocycles. The minimum atomic E-state index is 0.0775. The van der Waals surface area contributed by atoms with Crippen molar-refractivity contribution in [2.24, 2.45) is 0 Å². The third kappa shape index (κ3) is 4.52. The van der Waals surface area contributed by atoms with Crippen LogP contribution in [0, 0.1) is 0 Å². The second kappa shape index (κ2) is 8.24. The number of carbonyl (C=O) groups is 1. The maximum atomic E-state index is 12.9. The zero-order valence-corrected chi connectivity index (χ0v) is 18.9. The van der Waals surface area contributed by atoms with Crippen molar-refractivity contribution in [3.05, 3.63) is 47.4 Å². The Morgan fingerprint density at radius 3 is 2.39 bits per heavy atom. The normalized spacial score (nSPS) is 15.6. The van der Waals surface area contributed by atoms with Gasteiger partial charge in [-0.15, -0.1) is 5.10 Å². The van der Waals surface area contributed by atoms with Crippen molar-refractivity contribution in [3.8, 4) is 11.6 Å². The topological polar surface area (TPSA) is 89.9 Å².